The van der Waals surface area contributed by atoms with Gasteiger partial charge in [0.1, 0.15) is 11.5 Å². The number of nitrogens with zero attached hydrogens (tertiary/aromatic N) is 2. The van der Waals surface area contributed by atoms with Crippen LogP contribution in [0.1, 0.15) is 0 Å². The van der Waals surface area contributed by atoms with E-state index < -0.39 is 4.92 Å². The number of nitro benzene ring substituents is 1. The Bertz CT molecular complexity index is 604. The van der Waals surface area contributed by atoms with Crippen molar-refractivity contribution in [2.45, 2.75) is 0 Å². The molecule has 0 bridgehead atoms. The summed E-state index contributed by atoms with van der Waals surface area (Å²) in [5.41, 5.74) is 5.66. The fourth-order valence-electron chi connectivity index (χ4n) is 1.35. The zero-order valence-corrected chi connectivity index (χ0v) is 9.79. The summed E-state index contributed by atoms with van der Waals surface area (Å²) in [6.45, 7) is 0. The van der Waals surface area contributed by atoms with Crippen LogP contribution >= 0.6 is 11.6 Å². The van der Waals surface area contributed by atoms with Gasteiger partial charge in [-0.2, -0.15) is 0 Å². The van der Waals surface area contributed by atoms with E-state index in [2.05, 4.69) is 4.98 Å². The monoisotopic (exact) mass is 265 g/mol. The number of nitrogen functional groups attached to an aromatic ring is 1. The van der Waals surface area contributed by atoms with Crippen LogP contribution in [0.3, 0.4) is 0 Å². The Balaban J connectivity index is 2.31. The van der Waals surface area contributed by atoms with E-state index in [-0.39, 0.29) is 17.1 Å². The van der Waals surface area contributed by atoms with E-state index in [1.807, 2.05) is 0 Å². The van der Waals surface area contributed by atoms with Crippen molar-refractivity contribution in [1.29, 1.82) is 0 Å². The second-order valence-corrected chi connectivity index (χ2v) is 3.89. The number of aromatic nitrogens is 1. The van der Waals surface area contributed by atoms with Crippen molar-refractivity contribution < 1.29 is 9.66 Å². The molecule has 6 nitrogen and oxygen atoms in total. The van der Waals surface area contributed by atoms with Gasteiger partial charge in [0.05, 0.1) is 22.2 Å². The van der Waals surface area contributed by atoms with E-state index in [9.17, 15) is 10.1 Å². The molecule has 2 rings (SSSR count). The first-order chi connectivity index (χ1) is 8.54. The molecule has 0 spiro atoms. The van der Waals surface area contributed by atoms with Gasteiger partial charge in [-0.15, -0.1) is 0 Å². The Morgan fingerprint density at radius 1 is 1.22 bits per heavy atom. The molecule has 0 radical (unpaired) electrons. The number of rotatable bonds is 3. The maximum Gasteiger partial charge on any atom is 0.275 e. The largest absolute Gasteiger partial charge is 0.455 e. The average molecular weight is 266 g/mol. The van der Waals surface area contributed by atoms with Crippen LogP contribution in [0.25, 0.3) is 0 Å². The standard InChI is InChI=1S/C11H8ClN3O3/c12-7-1-11(6-14-5-7)18-10-3-8(13)2-9(4-10)15(16)17/h1-6H,13H2. The summed E-state index contributed by atoms with van der Waals surface area (Å²) in [4.78, 5) is 14.0. The van der Waals surface area contributed by atoms with Crippen LogP contribution in [0.4, 0.5) is 11.4 Å². The summed E-state index contributed by atoms with van der Waals surface area (Å²) in [5, 5.41) is 11.1. The predicted octanol–water partition coefficient (Wildman–Crippen LogP) is 3.02. The molecule has 7 heteroatoms. The number of hydrogen-bond acceptors (Lipinski definition) is 5. The molecule has 1 aromatic carbocycles. The molecule has 0 saturated heterocycles. The van der Waals surface area contributed by atoms with Crippen molar-refractivity contribution in [3.63, 3.8) is 0 Å². The molecule has 0 amide bonds. The summed E-state index contributed by atoms with van der Waals surface area (Å²) in [6.07, 6.45) is 2.90. The number of hydrogen-bond donors (Lipinski definition) is 1. The van der Waals surface area contributed by atoms with Gasteiger partial charge >= 0.3 is 0 Å². The van der Waals surface area contributed by atoms with Crippen molar-refractivity contribution >= 4 is 23.0 Å². The lowest BCUT2D eigenvalue weighted by Crippen LogP contribution is -1.93. The first kappa shape index (κ1) is 12.1. The Kier molecular flexibility index (Phi) is 3.29. The third-order valence-corrected chi connectivity index (χ3v) is 2.25. The quantitative estimate of drug-likeness (QED) is 0.523. The molecule has 92 valence electrons. The lowest BCUT2D eigenvalue weighted by Gasteiger charge is -2.06. The summed E-state index contributed by atoms with van der Waals surface area (Å²) < 4.78 is 5.40. The maximum atomic E-state index is 10.7. The highest BCUT2D eigenvalue weighted by Crippen LogP contribution is 2.28. The third-order valence-electron chi connectivity index (χ3n) is 2.04. The first-order valence-corrected chi connectivity index (χ1v) is 5.26. The molecule has 0 aliphatic rings. The molecule has 0 aliphatic heterocycles. The Morgan fingerprint density at radius 2 is 2.00 bits per heavy atom. The first-order valence-electron chi connectivity index (χ1n) is 4.88. The van der Waals surface area contributed by atoms with Crippen molar-refractivity contribution in [3.05, 3.63) is 51.8 Å². The number of non-ortho nitro benzene ring substituents is 1. The van der Waals surface area contributed by atoms with Crippen LogP contribution in [0.15, 0.2) is 36.7 Å². The van der Waals surface area contributed by atoms with Crippen LogP contribution in [-0.2, 0) is 0 Å². The second-order valence-electron chi connectivity index (χ2n) is 3.46. The molecule has 1 aromatic heterocycles. The van der Waals surface area contributed by atoms with Gasteiger partial charge in [0, 0.05) is 30.1 Å². The molecule has 0 atom stereocenters. The molecule has 0 aliphatic carbocycles. The van der Waals surface area contributed by atoms with E-state index in [0.29, 0.717) is 10.8 Å². The minimum absolute atomic E-state index is 0.139. The minimum Gasteiger partial charge on any atom is -0.455 e. The molecule has 0 fully saturated rings. The highest BCUT2D eigenvalue weighted by Gasteiger charge is 2.10. The SMILES string of the molecule is Nc1cc(Oc2cncc(Cl)c2)cc([N+](=O)[O-])c1. The number of ether oxygens (including phenoxy) is 1. The van der Waals surface area contributed by atoms with Gasteiger partial charge in [0.25, 0.3) is 5.69 Å². The summed E-state index contributed by atoms with van der Waals surface area (Å²) >= 11 is 5.75. The zero-order chi connectivity index (χ0) is 13.1. The number of anilines is 1. The molecule has 18 heavy (non-hydrogen) atoms. The van der Waals surface area contributed by atoms with Crippen LogP contribution in [0.5, 0.6) is 11.5 Å². The highest BCUT2D eigenvalue weighted by atomic mass is 35.5. The fourth-order valence-corrected chi connectivity index (χ4v) is 1.52. The molecule has 0 saturated carbocycles. The lowest BCUT2D eigenvalue weighted by atomic mass is 10.2. The number of benzene rings is 1. The van der Waals surface area contributed by atoms with Gasteiger partial charge in [-0.25, -0.2) is 0 Å². The van der Waals surface area contributed by atoms with E-state index in [4.69, 9.17) is 22.1 Å². The summed E-state index contributed by atoms with van der Waals surface area (Å²) in [6, 6.07) is 5.55. The number of nitrogens with two attached hydrogens (primary N) is 1. The molecule has 1 heterocycles. The molecule has 0 unspecified atom stereocenters. The zero-order valence-electron chi connectivity index (χ0n) is 9.04. The van der Waals surface area contributed by atoms with E-state index in [1.54, 1.807) is 6.07 Å². The van der Waals surface area contributed by atoms with Crippen LogP contribution in [0, 0.1) is 10.1 Å². The smallest absolute Gasteiger partial charge is 0.275 e. The van der Waals surface area contributed by atoms with Crippen LogP contribution in [-0.4, -0.2) is 9.91 Å². The van der Waals surface area contributed by atoms with Crippen LogP contribution in [0.2, 0.25) is 5.02 Å². The van der Waals surface area contributed by atoms with Crippen molar-refractivity contribution in [1.82, 2.24) is 4.98 Å². The number of nitro groups is 1. The summed E-state index contributed by atoms with van der Waals surface area (Å²) in [5.74, 6) is 0.633. The second kappa shape index (κ2) is 4.89. The maximum absolute atomic E-state index is 10.7. The molecular formula is C11H8ClN3O3. The molecule has 2 N–H and O–H groups in total. The Hall–Kier alpha value is -2.34. The van der Waals surface area contributed by atoms with Crippen LogP contribution < -0.4 is 10.5 Å². The van der Waals surface area contributed by atoms with E-state index in [1.165, 1.54) is 30.6 Å². The van der Waals surface area contributed by atoms with Gasteiger partial charge < -0.3 is 10.5 Å². The third kappa shape index (κ3) is 2.86. The van der Waals surface area contributed by atoms with Gasteiger partial charge in [-0.05, 0) is 0 Å². The normalized spacial score (nSPS) is 10.1. The Labute approximate surface area is 107 Å². The van der Waals surface area contributed by atoms with Gasteiger partial charge in [-0.3, -0.25) is 15.1 Å². The Morgan fingerprint density at radius 3 is 2.67 bits per heavy atom. The van der Waals surface area contributed by atoms with E-state index in [0.717, 1.165) is 0 Å². The van der Waals surface area contributed by atoms with Gasteiger partial charge in [0.15, 0.2) is 0 Å². The van der Waals surface area contributed by atoms with Crippen molar-refractivity contribution in [2.24, 2.45) is 0 Å². The number of halogens is 1. The minimum atomic E-state index is -0.542. The molecular weight excluding hydrogens is 258 g/mol. The van der Waals surface area contributed by atoms with E-state index >= 15 is 0 Å². The molecule has 2 aromatic rings. The summed E-state index contributed by atoms with van der Waals surface area (Å²) in [7, 11) is 0. The number of pyridine rings is 1. The van der Waals surface area contributed by atoms with Gasteiger partial charge in [-0.1, -0.05) is 11.6 Å². The predicted molar refractivity (Wildman–Crippen MR) is 66.8 cm³/mol. The van der Waals surface area contributed by atoms with Crippen molar-refractivity contribution in [3.8, 4) is 11.5 Å². The fraction of sp³-hybridized carbons (Fsp3) is 0. The average Bonchev–Trinajstić information content (AvgIpc) is 2.28. The lowest BCUT2D eigenvalue weighted by molar-refractivity contribution is -0.384. The topological polar surface area (TPSA) is 91.3 Å². The van der Waals surface area contributed by atoms with Crippen molar-refractivity contribution in [2.75, 3.05) is 5.73 Å². The van der Waals surface area contributed by atoms with Gasteiger partial charge in [0.2, 0.25) is 0 Å². The highest BCUT2D eigenvalue weighted by molar-refractivity contribution is 6.30.